The Kier molecular flexibility index (Phi) is 5.93. The molecule has 148 valence electrons. The molecule has 0 spiro atoms. The quantitative estimate of drug-likeness (QED) is 0.448. The van der Waals surface area contributed by atoms with Crippen LogP contribution in [0.15, 0.2) is 24.3 Å². The van der Waals surface area contributed by atoms with Crippen LogP contribution in [0, 0.1) is 16.0 Å². The van der Waals surface area contributed by atoms with Gasteiger partial charge in [0.05, 0.1) is 18.1 Å². The summed E-state index contributed by atoms with van der Waals surface area (Å²) in [6.07, 6.45) is 3.00. The molecule has 3 rings (SSSR count). The number of hydrogen-bond acceptors (Lipinski definition) is 7. The highest BCUT2D eigenvalue weighted by molar-refractivity contribution is 7.14. The van der Waals surface area contributed by atoms with Crippen molar-refractivity contribution in [2.75, 3.05) is 19.0 Å². The van der Waals surface area contributed by atoms with E-state index in [0.29, 0.717) is 16.5 Å². The van der Waals surface area contributed by atoms with Gasteiger partial charge in [-0.25, -0.2) is 4.79 Å². The number of nitrogens with one attached hydrogen (secondary N) is 1. The first-order chi connectivity index (χ1) is 13.4. The zero-order valence-electron chi connectivity index (χ0n) is 15.5. The van der Waals surface area contributed by atoms with E-state index < -0.39 is 23.4 Å². The van der Waals surface area contributed by atoms with Crippen LogP contribution in [0.3, 0.4) is 0 Å². The largest absolute Gasteiger partial charge is 0.496 e. The molecule has 2 aromatic rings. The van der Waals surface area contributed by atoms with E-state index in [2.05, 4.69) is 12.2 Å². The molecule has 1 heterocycles. The van der Waals surface area contributed by atoms with E-state index in [1.54, 1.807) is 0 Å². The maximum absolute atomic E-state index is 12.2. The summed E-state index contributed by atoms with van der Waals surface area (Å²) in [5, 5.41) is 13.6. The van der Waals surface area contributed by atoms with Crippen molar-refractivity contribution in [1.82, 2.24) is 0 Å². The van der Waals surface area contributed by atoms with E-state index in [1.807, 2.05) is 6.07 Å². The van der Waals surface area contributed by atoms with Gasteiger partial charge >= 0.3 is 5.97 Å². The molecule has 0 unspecified atom stereocenters. The molecular weight excluding hydrogens is 384 g/mol. The van der Waals surface area contributed by atoms with Gasteiger partial charge in [0, 0.05) is 4.88 Å². The van der Waals surface area contributed by atoms with E-state index in [1.165, 1.54) is 47.1 Å². The van der Waals surface area contributed by atoms with Gasteiger partial charge in [-0.05, 0) is 48.9 Å². The zero-order valence-corrected chi connectivity index (χ0v) is 16.3. The number of carbonyl (C=O) groups excluding carboxylic acids is 2. The van der Waals surface area contributed by atoms with Gasteiger partial charge in [-0.3, -0.25) is 14.9 Å². The van der Waals surface area contributed by atoms with E-state index >= 15 is 0 Å². The first-order valence-electron chi connectivity index (χ1n) is 8.78. The summed E-state index contributed by atoms with van der Waals surface area (Å²) >= 11 is 1.40. The number of hydrogen-bond donors (Lipinski definition) is 1. The molecule has 1 N–H and O–H groups in total. The van der Waals surface area contributed by atoms with Gasteiger partial charge in [-0.1, -0.05) is 6.92 Å². The van der Waals surface area contributed by atoms with Crippen LogP contribution in [0.2, 0.25) is 0 Å². The van der Waals surface area contributed by atoms with Crippen molar-refractivity contribution in [2.24, 2.45) is 5.92 Å². The first kappa shape index (κ1) is 19.8. The predicted octanol–water partition coefficient (Wildman–Crippen LogP) is 3.59. The molecule has 1 aliphatic carbocycles. The van der Waals surface area contributed by atoms with E-state index in [9.17, 15) is 19.7 Å². The van der Waals surface area contributed by atoms with Gasteiger partial charge in [-0.2, -0.15) is 0 Å². The number of fused-ring (bicyclic) bond motifs is 1. The summed E-state index contributed by atoms with van der Waals surface area (Å²) < 4.78 is 10.0. The molecule has 1 aliphatic rings. The van der Waals surface area contributed by atoms with Gasteiger partial charge in [0.2, 0.25) is 0 Å². The zero-order chi connectivity index (χ0) is 20.3. The third-order valence-corrected chi connectivity index (χ3v) is 5.76. The Morgan fingerprint density at radius 2 is 2.14 bits per heavy atom. The maximum atomic E-state index is 12.2. The van der Waals surface area contributed by atoms with Crippen molar-refractivity contribution < 1.29 is 24.0 Å². The smallest absolute Gasteiger partial charge is 0.348 e. The Labute approximate surface area is 165 Å². The molecule has 0 saturated carbocycles. The number of thiophene rings is 1. The minimum Gasteiger partial charge on any atom is -0.496 e. The molecule has 9 heteroatoms. The number of rotatable bonds is 6. The predicted molar refractivity (Wildman–Crippen MR) is 104 cm³/mol. The number of nitrogens with zero attached hydrogens (tertiary/aromatic N) is 1. The van der Waals surface area contributed by atoms with Crippen LogP contribution in [0.25, 0.3) is 0 Å². The van der Waals surface area contributed by atoms with Gasteiger partial charge in [0.1, 0.15) is 16.3 Å². The summed E-state index contributed by atoms with van der Waals surface area (Å²) in [5.41, 5.74) is 0.875. The normalized spacial score (nSPS) is 15.4. The number of nitro groups is 1. The Morgan fingerprint density at radius 1 is 1.36 bits per heavy atom. The number of anilines is 1. The van der Waals surface area contributed by atoms with E-state index in [4.69, 9.17) is 9.47 Å². The highest BCUT2D eigenvalue weighted by Gasteiger charge is 2.22. The highest BCUT2D eigenvalue weighted by Crippen LogP contribution is 2.32. The lowest BCUT2D eigenvalue weighted by atomic mass is 9.90. The summed E-state index contributed by atoms with van der Waals surface area (Å²) in [6.45, 7) is 1.66. The van der Waals surface area contributed by atoms with Gasteiger partial charge in [0.25, 0.3) is 11.6 Å². The monoisotopic (exact) mass is 404 g/mol. The number of benzene rings is 1. The fraction of sp³-hybridized carbons (Fsp3) is 0.368. The fourth-order valence-corrected chi connectivity index (χ4v) is 4.19. The molecule has 1 aromatic carbocycles. The first-order valence-corrected chi connectivity index (χ1v) is 9.60. The van der Waals surface area contributed by atoms with Gasteiger partial charge in [-0.15, -0.1) is 11.3 Å². The van der Waals surface area contributed by atoms with Crippen LogP contribution in [-0.4, -0.2) is 30.5 Å². The molecule has 0 fully saturated rings. The number of methoxy groups -OCH3 is 1. The lowest BCUT2D eigenvalue weighted by molar-refractivity contribution is -0.384. The van der Waals surface area contributed by atoms with Crippen LogP contribution in [0.5, 0.6) is 5.75 Å². The molecule has 0 saturated heterocycles. The van der Waals surface area contributed by atoms with Crippen LogP contribution in [-0.2, 0) is 22.4 Å². The van der Waals surface area contributed by atoms with Crippen LogP contribution >= 0.6 is 11.3 Å². The molecular formula is C19H20N2O6S. The van der Waals surface area contributed by atoms with Gasteiger partial charge < -0.3 is 14.8 Å². The van der Waals surface area contributed by atoms with Crippen molar-refractivity contribution in [1.29, 1.82) is 0 Å². The Balaban J connectivity index is 1.60. The van der Waals surface area contributed by atoms with E-state index in [-0.39, 0.29) is 11.4 Å². The lowest BCUT2D eigenvalue weighted by Gasteiger charge is -2.16. The second kappa shape index (κ2) is 8.39. The SMILES string of the molecule is COc1ccc(NC(=O)COC(=O)c2cc3c(s2)CC[C@@H](C)C3)c([N+](=O)[O-])c1. The number of esters is 1. The minimum atomic E-state index is -0.656. The number of nitro benzene ring substituents is 1. The van der Waals surface area contributed by atoms with Crippen LogP contribution < -0.4 is 10.1 Å². The standard InChI is InChI=1S/C19H20N2O6S/c1-11-3-6-16-12(7-11)8-17(28-16)19(23)27-10-18(22)20-14-5-4-13(26-2)9-15(14)21(24)25/h4-5,8-9,11H,3,6-7,10H2,1-2H3,(H,20,22)/t11-/m1/s1. The van der Waals surface area contributed by atoms with Crippen LogP contribution in [0.4, 0.5) is 11.4 Å². The Hall–Kier alpha value is -2.94. The van der Waals surface area contributed by atoms with E-state index in [0.717, 1.165) is 19.3 Å². The number of amides is 1. The lowest BCUT2D eigenvalue weighted by Crippen LogP contribution is -2.21. The van der Waals surface area contributed by atoms with Crippen molar-refractivity contribution >= 4 is 34.6 Å². The average molecular weight is 404 g/mol. The summed E-state index contributed by atoms with van der Waals surface area (Å²) in [7, 11) is 1.39. The molecule has 1 aromatic heterocycles. The second-order valence-corrected chi connectivity index (χ2v) is 7.81. The fourth-order valence-electron chi connectivity index (χ4n) is 3.09. The molecule has 8 nitrogen and oxygen atoms in total. The Bertz CT molecular complexity index is 923. The third kappa shape index (κ3) is 4.48. The highest BCUT2D eigenvalue weighted by atomic mass is 32.1. The maximum Gasteiger partial charge on any atom is 0.348 e. The second-order valence-electron chi connectivity index (χ2n) is 6.67. The van der Waals surface area contributed by atoms with Crippen molar-refractivity contribution in [3.05, 3.63) is 49.7 Å². The van der Waals surface area contributed by atoms with Gasteiger partial charge in [0.15, 0.2) is 6.61 Å². The van der Waals surface area contributed by atoms with Crippen LogP contribution in [0.1, 0.15) is 33.5 Å². The number of ether oxygens (including phenoxy) is 2. The van der Waals surface area contributed by atoms with Crippen molar-refractivity contribution in [3.8, 4) is 5.75 Å². The number of carbonyl (C=O) groups is 2. The summed E-state index contributed by atoms with van der Waals surface area (Å²) in [5.74, 6) is -0.327. The summed E-state index contributed by atoms with van der Waals surface area (Å²) in [4.78, 5) is 36.5. The molecule has 1 amide bonds. The third-order valence-electron chi connectivity index (χ3n) is 4.54. The topological polar surface area (TPSA) is 108 Å². The summed E-state index contributed by atoms with van der Waals surface area (Å²) in [6, 6.07) is 5.90. The molecule has 0 radical (unpaired) electrons. The molecule has 0 aliphatic heterocycles. The molecule has 1 atom stereocenters. The van der Waals surface area contributed by atoms with Crippen molar-refractivity contribution in [2.45, 2.75) is 26.2 Å². The molecule has 0 bridgehead atoms. The number of aryl methyl sites for hydroxylation is 1. The minimum absolute atomic E-state index is 0.00687. The Morgan fingerprint density at radius 3 is 2.86 bits per heavy atom. The van der Waals surface area contributed by atoms with Crippen molar-refractivity contribution in [3.63, 3.8) is 0 Å². The molecule has 28 heavy (non-hydrogen) atoms. The average Bonchev–Trinajstić information content (AvgIpc) is 3.09.